The van der Waals surface area contributed by atoms with Crippen LogP contribution < -0.4 is 5.32 Å². The Bertz CT molecular complexity index is 558. The molecule has 0 aliphatic carbocycles. The normalized spacial score (nSPS) is 11.1. The zero-order valence-corrected chi connectivity index (χ0v) is 11.2. The molecule has 1 rings (SSSR count). The van der Waals surface area contributed by atoms with Crippen LogP contribution in [0.2, 0.25) is 0 Å². The van der Waals surface area contributed by atoms with E-state index >= 15 is 0 Å². The topological polar surface area (TPSA) is 96.3 Å². The summed E-state index contributed by atoms with van der Waals surface area (Å²) in [5.41, 5.74) is 0.802. The van der Waals surface area contributed by atoms with Crippen molar-refractivity contribution in [3.63, 3.8) is 0 Å². The van der Waals surface area contributed by atoms with Crippen molar-refractivity contribution >= 4 is 17.7 Å². The van der Waals surface area contributed by atoms with Gasteiger partial charge in [-0.3, -0.25) is 9.59 Å². The van der Waals surface area contributed by atoms with Gasteiger partial charge in [0.15, 0.2) is 5.78 Å². The maximum Gasteiger partial charge on any atom is 0.328 e. The molecule has 0 aliphatic heterocycles. The van der Waals surface area contributed by atoms with Gasteiger partial charge in [-0.05, 0) is 12.1 Å². The minimum absolute atomic E-state index is 0.196. The maximum absolute atomic E-state index is 12.0. The molecule has 0 bridgehead atoms. The van der Waals surface area contributed by atoms with Gasteiger partial charge in [0.2, 0.25) is 5.91 Å². The third-order valence-corrected chi connectivity index (χ3v) is 2.59. The minimum atomic E-state index is -1.01. The number of esters is 1. The van der Waals surface area contributed by atoms with Crippen LogP contribution in [0.3, 0.4) is 0 Å². The molecule has 6 heteroatoms. The number of ketones is 1. The zero-order chi connectivity index (χ0) is 15.1. The summed E-state index contributed by atoms with van der Waals surface area (Å²) in [5.74, 6) is -1.42. The monoisotopic (exact) mass is 274 g/mol. The number of hydrogen-bond donors (Lipinski definition) is 1. The highest BCUT2D eigenvalue weighted by Crippen LogP contribution is 2.09. The van der Waals surface area contributed by atoms with E-state index in [1.807, 2.05) is 6.07 Å². The summed E-state index contributed by atoms with van der Waals surface area (Å²) in [6.07, 6.45) is -0.196. The Hall–Kier alpha value is -2.68. The highest BCUT2D eigenvalue weighted by molar-refractivity contribution is 5.99. The molecule has 0 fully saturated rings. The van der Waals surface area contributed by atoms with Crippen LogP contribution in [-0.4, -0.2) is 30.8 Å². The lowest BCUT2D eigenvalue weighted by Crippen LogP contribution is -2.41. The summed E-state index contributed by atoms with van der Waals surface area (Å²) in [6.45, 7) is 1.25. The second kappa shape index (κ2) is 7.04. The molecule has 0 spiro atoms. The van der Waals surface area contributed by atoms with Crippen LogP contribution in [0, 0.1) is 11.3 Å². The van der Waals surface area contributed by atoms with Gasteiger partial charge in [-0.2, -0.15) is 5.26 Å². The van der Waals surface area contributed by atoms with Gasteiger partial charge in [0.05, 0.1) is 18.7 Å². The number of rotatable bonds is 5. The van der Waals surface area contributed by atoms with Crippen molar-refractivity contribution in [2.75, 3.05) is 7.11 Å². The van der Waals surface area contributed by atoms with Gasteiger partial charge in [-0.1, -0.05) is 12.1 Å². The first kappa shape index (κ1) is 15.4. The molecule has 1 aromatic carbocycles. The number of methoxy groups -OCH3 is 1. The predicted octanol–water partition coefficient (Wildman–Crippen LogP) is 0.809. The number of benzene rings is 1. The van der Waals surface area contributed by atoms with Crippen LogP contribution in [0.5, 0.6) is 0 Å². The molecule has 6 nitrogen and oxygen atoms in total. The number of hydrogen-bond acceptors (Lipinski definition) is 5. The van der Waals surface area contributed by atoms with E-state index in [4.69, 9.17) is 5.26 Å². The molecular formula is C14H14N2O4. The first-order valence-corrected chi connectivity index (χ1v) is 5.86. The lowest BCUT2D eigenvalue weighted by molar-refractivity contribution is -0.144. The van der Waals surface area contributed by atoms with Gasteiger partial charge in [0.25, 0.3) is 0 Å². The minimum Gasteiger partial charge on any atom is -0.467 e. The van der Waals surface area contributed by atoms with Gasteiger partial charge in [-0.25, -0.2) is 4.79 Å². The number of Topliss-reactive ketones (excluding diaryl/α,β-unsaturated/α-hetero) is 1. The Morgan fingerprint density at radius 2 is 1.90 bits per heavy atom. The largest absolute Gasteiger partial charge is 0.467 e. The molecule has 0 aromatic heterocycles. The van der Waals surface area contributed by atoms with E-state index in [1.54, 1.807) is 0 Å². The van der Waals surface area contributed by atoms with Crippen LogP contribution in [0.1, 0.15) is 29.3 Å². The van der Waals surface area contributed by atoms with Gasteiger partial charge in [0.1, 0.15) is 6.04 Å². The summed E-state index contributed by atoms with van der Waals surface area (Å²) in [5, 5.41) is 11.0. The SMILES string of the molecule is COC(=O)[C@H](CC(=O)c1ccc(C#N)cc1)NC(C)=O. The molecule has 0 saturated heterocycles. The number of nitrogens with one attached hydrogen (secondary N) is 1. The second-order valence-corrected chi connectivity index (χ2v) is 4.09. The van der Waals surface area contributed by atoms with E-state index in [2.05, 4.69) is 10.1 Å². The molecular weight excluding hydrogens is 260 g/mol. The average Bonchev–Trinajstić information content (AvgIpc) is 2.45. The van der Waals surface area contributed by atoms with E-state index < -0.39 is 17.9 Å². The number of nitrogens with zero attached hydrogens (tertiary/aromatic N) is 1. The van der Waals surface area contributed by atoms with Crippen molar-refractivity contribution in [1.29, 1.82) is 5.26 Å². The summed E-state index contributed by atoms with van der Waals surface area (Å²) >= 11 is 0. The summed E-state index contributed by atoms with van der Waals surface area (Å²) < 4.78 is 4.54. The molecule has 0 unspecified atom stereocenters. The van der Waals surface area contributed by atoms with E-state index in [1.165, 1.54) is 38.3 Å². The molecule has 1 atom stereocenters. The maximum atomic E-state index is 12.0. The zero-order valence-electron chi connectivity index (χ0n) is 11.2. The first-order valence-electron chi connectivity index (χ1n) is 5.86. The Labute approximate surface area is 116 Å². The second-order valence-electron chi connectivity index (χ2n) is 4.09. The average molecular weight is 274 g/mol. The molecule has 0 radical (unpaired) electrons. The van der Waals surface area contributed by atoms with Crippen molar-refractivity contribution in [3.05, 3.63) is 35.4 Å². The number of carbonyl (C=O) groups is 3. The lowest BCUT2D eigenvalue weighted by Gasteiger charge is -2.14. The van der Waals surface area contributed by atoms with Crippen LogP contribution >= 0.6 is 0 Å². The highest BCUT2D eigenvalue weighted by atomic mass is 16.5. The molecule has 20 heavy (non-hydrogen) atoms. The van der Waals surface area contributed by atoms with Crippen LogP contribution in [0.15, 0.2) is 24.3 Å². The van der Waals surface area contributed by atoms with Crippen molar-refractivity contribution in [3.8, 4) is 6.07 Å². The smallest absolute Gasteiger partial charge is 0.328 e. The Morgan fingerprint density at radius 3 is 2.35 bits per heavy atom. The Morgan fingerprint density at radius 1 is 1.30 bits per heavy atom. The molecule has 1 aromatic rings. The van der Waals surface area contributed by atoms with Gasteiger partial charge in [0, 0.05) is 18.9 Å². The van der Waals surface area contributed by atoms with Crippen LogP contribution in [0.25, 0.3) is 0 Å². The fourth-order valence-electron chi connectivity index (χ4n) is 1.61. The third-order valence-electron chi connectivity index (χ3n) is 2.59. The molecule has 1 amide bonds. The fraction of sp³-hybridized carbons (Fsp3) is 0.286. The number of carbonyl (C=O) groups excluding carboxylic acids is 3. The predicted molar refractivity (Wildman–Crippen MR) is 69.7 cm³/mol. The summed E-state index contributed by atoms with van der Waals surface area (Å²) in [6, 6.07) is 6.96. The molecule has 104 valence electrons. The van der Waals surface area contributed by atoms with Gasteiger partial charge < -0.3 is 10.1 Å². The Balaban J connectivity index is 2.81. The molecule has 0 heterocycles. The standard InChI is InChI=1S/C14H14N2O4/c1-9(17)16-12(14(19)20-2)7-13(18)11-5-3-10(8-15)4-6-11/h3-6,12H,7H2,1-2H3,(H,16,17)/t12-/m0/s1. The molecule has 0 aliphatic rings. The number of amides is 1. The first-order chi connectivity index (χ1) is 9.47. The van der Waals surface area contributed by atoms with E-state index in [0.29, 0.717) is 11.1 Å². The van der Waals surface area contributed by atoms with Crippen molar-refractivity contribution in [2.45, 2.75) is 19.4 Å². The quantitative estimate of drug-likeness (QED) is 0.633. The van der Waals surface area contributed by atoms with Crippen LogP contribution in [0.4, 0.5) is 0 Å². The van der Waals surface area contributed by atoms with Crippen molar-refractivity contribution in [2.24, 2.45) is 0 Å². The third kappa shape index (κ3) is 4.21. The van der Waals surface area contributed by atoms with E-state index in [9.17, 15) is 14.4 Å². The number of ether oxygens (including phenoxy) is 1. The van der Waals surface area contributed by atoms with E-state index in [0.717, 1.165) is 0 Å². The molecule has 0 saturated carbocycles. The Kier molecular flexibility index (Phi) is 5.42. The van der Waals surface area contributed by atoms with Gasteiger partial charge in [-0.15, -0.1) is 0 Å². The number of nitriles is 1. The van der Waals surface area contributed by atoms with E-state index in [-0.39, 0.29) is 12.2 Å². The van der Waals surface area contributed by atoms with Gasteiger partial charge >= 0.3 is 5.97 Å². The molecule has 1 N–H and O–H groups in total. The lowest BCUT2D eigenvalue weighted by atomic mass is 10.0. The summed E-state index contributed by atoms with van der Waals surface area (Å²) in [4.78, 5) is 34.5. The van der Waals surface area contributed by atoms with Crippen molar-refractivity contribution in [1.82, 2.24) is 5.32 Å². The van der Waals surface area contributed by atoms with Crippen molar-refractivity contribution < 1.29 is 19.1 Å². The van der Waals surface area contributed by atoms with Crippen LogP contribution in [-0.2, 0) is 14.3 Å². The fourth-order valence-corrected chi connectivity index (χ4v) is 1.61. The highest BCUT2D eigenvalue weighted by Gasteiger charge is 2.24. The summed E-state index contributed by atoms with van der Waals surface area (Å²) in [7, 11) is 1.18.